The summed E-state index contributed by atoms with van der Waals surface area (Å²) < 4.78 is 19.6. The zero-order chi connectivity index (χ0) is 34.8. The van der Waals surface area contributed by atoms with E-state index in [0.717, 1.165) is 49.6 Å². The fourth-order valence-electron chi connectivity index (χ4n) is 7.23. The molecule has 50 heavy (non-hydrogen) atoms. The Bertz CT molecular complexity index is 1910. The lowest BCUT2D eigenvalue weighted by atomic mass is 9.99. The van der Waals surface area contributed by atoms with Gasteiger partial charge in [-0.25, -0.2) is 4.98 Å². The van der Waals surface area contributed by atoms with E-state index in [1.807, 2.05) is 18.3 Å². The maximum absolute atomic E-state index is 13.6. The summed E-state index contributed by atoms with van der Waals surface area (Å²) in [6.07, 6.45) is 15.1. The van der Waals surface area contributed by atoms with Crippen LogP contribution in [0.4, 0.5) is 28.8 Å². The summed E-state index contributed by atoms with van der Waals surface area (Å²) in [5.74, 6) is 2.40. The van der Waals surface area contributed by atoms with Crippen LogP contribution in [0.15, 0.2) is 48.9 Å². The third-order valence-electron chi connectivity index (χ3n) is 10.3. The maximum atomic E-state index is 13.6. The molecule has 4 heterocycles. The highest BCUT2D eigenvalue weighted by Crippen LogP contribution is 2.42. The minimum atomic E-state index is -2.76. The van der Waals surface area contributed by atoms with Crippen LogP contribution in [0.1, 0.15) is 43.7 Å². The molecule has 11 nitrogen and oxygen atoms in total. The molecule has 2 N–H and O–H groups in total. The zero-order valence-electron chi connectivity index (χ0n) is 30.0. The van der Waals surface area contributed by atoms with Gasteiger partial charge in [-0.3, -0.25) is 14.9 Å². The molecular weight excluding hydrogens is 645 g/mol. The van der Waals surface area contributed by atoms with Crippen LogP contribution in [0.2, 0.25) is 0 Å². The molecule has 0 radical (unpaired) electrons. The summed E-state index contributed by atoms with van der Waals surface area (Å²) in [7, 11) is 1.18. The highest BCUT2D eigenvalue weighted by Gasteiger charge is 2.28. The predicted molar refractivity (Wildman–Crippen MR) is 206 cm³/mol. The van der Waals surface area contributed by atoms with Crippen molar-refractivity contribution in [2.45, 2.75) is 45.1 Å². The summed E-state index contributed by atoms with van der Waals surface area (Å²) >= 11 is 0. The molecule has 7 rings (SSSR count). The van der Waals surface area contributed by atoms with Gasteiger partial charge in [0.2, 0.25) is 5.95 Å². The predicted octanol–water partition coefficient (Wildman–Crippen LogP) is 6.37. The van der Waals surface area contributed by atoms with Gasteiger partial charge in [-0.1, -0.05) is 19.1 Å². The normalized spacial score (nSPS) is 18.2. The number of rotatable bonds is 11. The van der Waals surface area contributed by atoms with Crippen LogP contribution in [0.25, 0.3) is 17.1 Å². The molecule has 4 aromatic rings. The molecule has 2 aromatic carbocycles. The number of likely N-dealkylation sites (N-methyl/N-ethyl adjacent to an activating group) is 1. The Balaban J connectivity index is 1.16. The highest BCUT2D eigenvalue weighted by atomic mass is 31.2. The van der Waals surface area contributed by atoms with Gasteiger partial charge >= 0.3 is 0 Å². The Morgan fingerprint density at radius 2 is 1.70 bits per heavy atom. The Kier molecular flexibility index (Phi) is 10.1. The average molecular weight is 696 g/mol. The first-order valence-electron chi connectivity index (χ1n) is 18.0. The smallest absolute Gasteiger partial charge is 0.229 e. The number of ether oxygens (including phenoxy) is 1. The molecule has 0 bridgehead atoms. The number of nitrogens with zero attached hydrogens (tertiary/aromatic N) is 7. The number of piperazine rings is 1. The second-order valence-electron chi connectivity index (χ2n) is 14.3. The Labute approximate surface area is 295 Å². The van der Waals surface area contributed by atoms with Crippen molar-refractivity contribution >= 4 is 58.4 Å². The summed E-state index contributed by atoms with van der Waals surface area (Å²) in [4.78, 5) is 26.4. The second kappa shape index (κ2) is 14.7. The number of aromatic nitrogens is 4. The third-order valence-corrected chi connectivity index (χ3v) is 11.8. The standard InChI is InChI=1S/C38H50N9O2P/c1-6-27-23-32(34(49-3)24-33(27)47-17-13-29(14-18-47)46-21-19-45(2)20-22-46)43-38-41-25-28(10-9-26-7-8-26)37(44-38)42-31-12-11-30-35(40-16-15-39-30)36(31)50(4,5)48/h9-12,15-16,23-26,29H,6-8,13-14,17-22H2,1-5H3,(H2,41,42,43,44)/b10-9+. The fraction of sp³-hybridized carbons (Fsp3) is 0.474. The minimum Gasteiger partial charge on any atom is -0.494 e. The maximum Gasteiger partial charge on any atom is 0.229 e. The third kappa shape index (κ3) is 7.65. The molecule has 0 amide bonds. The van der Waals surface area contributed by atoms with E-state index in [9.17, 15) is 4.57 Å². The van der Waals surface area contributed by atoms with Crippen molar-refractivity contribution in [1.29, 1.82) is 0 Å². The first kappa shape index (κ1) is 34.4. The lowest BCUT2D eigenvalue weighted by Crippen LogP contribution is -2.52. The molecule has 3 fully saturated rings. The van der Waals surface area contributed by atoms with E-state index in [-0.39, 0.29) is 0 Å². The van der Waals surface area contributed by atoms with E-state index in [0.29, 0.717) is 45.8 Å². The van der Waals surface area contributed by atoms with E-state index in [1.54, 1.807) is 32.8 Å². The Hall–Kier alpha value is -4.05. The number of anilines is 5. The van der Waals surface area contributed by atoms with Gasteiger partial charge in [0.05, 0.1) is 29.3 Å². The zero-order valence-corrected chi connectivity index (χ0v) is 30.9. The number of nitrogens with one attached hydrogen (secondary N) is 2. The van der Waals surface area contributed by atoms with Crippen LogP contribution in [0.5, 0.6) is 5.75 Å². The van der Waals surface area contributed by atoms with Gasteiger partial charge in [-0.05, 0) is 82.2 Å². The number of piperidine rings is 1. The van der Waals surface area contributed by atoms with Gasteiger partial charge in [0.1, 0.15) is 24.2 Å². The van der Waals surface area contributed by atoms with Crippen LogP contribution < -0.4 is 25.6 Å². The monoisotopic (exact) mass is 695 g/mol. The molecule has 3 aliphatic rings. The topological polar surface area (TPSA) is 112 Å². The number of aryl methyl sites for hydroxylation is 1. The van der Waals surface area contributed by atoms with Crippen molar-refractivity contribution in [2.75, 3.05) is 82.3 Å². The molecule has 12 heteroatoms. The lowest BCUT2D eigenvalue weighted by Gasteiger charge is -2.43. The number of fused-ring (bicyclic) bond motifs is 1. The summed E-state index contributed by atoms with van der Waals surface area (Å²) in [5.41, 5.74) is 6.21. The molecule has 2 saturated heterocycles. The molecule has 0 unspecified atom stereocenters. The van der Waals surface area contributed by atoms with Crippen molar-refractivity contribution in [3.63, 3.8) is 0 Å². The van der Waals surface area contributed by atoms with Crippen molar-refractivity contribution in [3.05, 3.63) is 60.1 Å². The lowest BCUT2D eigenvalue weighted by molar-refractivity contribution is 0.0982. The molecule has 2 aliphatic heterocycles. The van der Waals surface area contributed by atoms with E-state index >= 15 is 0 Å². The first-order valence-corrected chi connectivity index (χ1v) is 20.6. The van der Waals surface area contributed by atoms with Crippen LogP contribution in [0.3, 0.4) is 0 Å². The van der Waals surface area contributed by atoms with Crippen molar-refractivity contribution < 1.29 is 9.30 Å². The minimum absolute atomic E-state index is 0.440. The number of allylic oxidation sites excluding steroid dienone is 1. The summed E-state index contributed by atoms with van der Waals surface area (Å²) in [5, 5.41) is 7.64. The van der Waals surface area contributed by atoms with Crippen molar-refractivity contribution in [3.8, 4) is 5.75 Å². The van der Waals surface area contributed by atoms with Crippen LogP contribution in [0, 0.1) is 5.92 Å². The van der Waals surface area contributed by atoms with E-state index in [4.69, 9.17) is 14.7 Å². The van der Waals surface area contributed by atoms with Crippen LogP contribution in [-0.2, 0) is 11.0 Å². The largest absolute Gasteiger partial charge is 0.494 e. The Morgan fingerprint density at radius 1 is 0.940 bits per heavy atom. The highest BCUT2D eigenvalue weighted by molar-refractivity contribution is 7.71. The fourth-order valence-corrected chi connectivity index (χ4v) is 8.63. The average Bonchev–Trinajstić information content (AvgIpc) is 3.96. The first-order chi connectivity index (χ1) is 24.2. The molecule has 0 atom stereocenters. The number of methoxy groups -OCH3 is 1. The molecule has 2 aromatic heterocycles. The molecule has 264 valence electrons. The van der Waals surface area contributed by atoms with Crippen molar-refractivity contribution in [1.82, 2.24) is 29.7 Å². The van der Waals surface area contributed by atoms with Gasteiger partial charge in [-0.2, -0.15) is 4.98 Å². The number of hydrogen-bond donors (Lipinski definition) is 2. The van der Waals surface area contributed by atoms with Gasteiger partial charge < -0.3 is 29.7 Å². The molecule has 0 spiro atoms. The summed E-state index contributed by atoms with van der Waals surface area (Å²) in [6, 6.07) is 8.83. The van der Waals surface area contributed by atoms with Crippen LogP contribution in [-0.4, -0.2) is 103 Å². The van der Waals surface area contributed by atoms with Crippen molar-refractivity contribution in [2.24, 2.45) is 5.92 Å². The quantitative estimate of drug-likeness (QED) is 0.171. The molecule has 1 aliphatic carbocycles. The second-order valence-corrected chi connectivity index (χ2v) is 17.4. The summed E-state index contributed by atoms with van der Waals surface area (Å²) in [6.45, 7) is 12.5. The van der Waals surface area contributed by atoms with Crippen LogP contribution >= 0.6 is 7.14 Å². The van der Waals surface area contributed by atoms with Gasteiger partial charge in [0, 0.05) is 81.2 Å². The number of hydrogen-bond acceptors (Lipinski definition) is 11. The van der Waals surface area contributed by atoms with Gasteiger partial charge in [0.25, 0.3) is 0 Å². The Morgan fingerprint density at radius 3 is 2.40 bits per heavy atom. The van der Waals surface area contributed by atoms with Gasteiger partial charge in [-0.15, -0.1) is 0 Å². The molecule has 1 saturated carbocycles. The van der Waals surface area contributed by atoms with E-state index < -0.39 is 7.14 Å². The molecular formula is C38H50N9O2P. The number of benzene rings is 2. The SMILES string of the molecule is CCc1cc(Nc2ncc(/C=C/C3CC3)c(Nc3ccc4nccnc4c3P(C)(C)=O)n2)c(OC)cc1N1CCC(N2CCN(C)CC2)CC1. The van der Waals surface area contributed by atoms with Gasteiger partial charge in [0.15, 0.2) is 0 Å². The van der Waals surface area contributed by atoms with E-state index in [2.05, 4.69) is 73.6 Å². The van der Waals surface area contributed by atoms with E-state index in [1.165, 1.54) is 50.0 Å².